The fourth-order valence-electron chi connectivity index (χ4n) is 1.37. The molecule has 1 saturated heterocycles. The molecule has 0 unspecified atom stereocenters. The molecule has 1 amide bonds. The van der Waals surface area contributed by atoms with E-state index < -0.39 is 5.91 Å². The van der Waals surface area contributed by atoms with Crippen molar-refractivity contribution in [1.29, 1.82) is 0 Å². The summed E-state index contributed by atoms with van der Waals surface area (Å²) in [5.41, 5.74) is 4.91. The maximum Gasteiger partial charge on any atom is 0.243 e. The highest BCUT2D eigenvalue weighted by molar-refractivity contribution is 5.74. The van der Waals surface area contributed by atoms with Gasteiger partial charge in [-0.15, -0.1) is 0 Å². The minimum atomic E-state index is -0.392. The first-order valence-electron chi connectivity index (χ1n) is 4.37. The fourth-order valence-corrected chi connectivity index (χ4v) is 1.37. The van der Waals surface area contributed by atoms with Crippen molar-refractivity contribution in [2.45, 2.75) is 12.8 Å². The molecule has 1 aliphatic rings. The molecule has 0 spiro atoms. The van der Waals surface area contributed by atoms with Crippen LogP contribution in [-0.2, 0) is 9.53 Å². The largest absolute Gasteiger partial charge is 0.370 e. The minimum Gasteiger partial charge on any atom is -0.370 e. The number of nitrogens with zero attached hydrogens (tertiary/aromatic N) is 1. The van der Waals surface area contributed by atoms with Gasteiger partial charge in [-0.1, -0.05) is 0 Å². The maximum atomic E-state index is 10.3. The Labute approximate surface area is 72.7 Å². The highest BCUT2D eigenvalue weighted by Crippen LogP contribution is 2.05. The minimum absolute atomic E-state index is 0.0494. The summed E-state index contributed by atoms with van der Waals surface area (Å²) in [6, 6.07) is 0. The molecule has 0 aromatic rings. The highest BCUT2D eigenvalue weighted by atomic mass is 16.5. The topological polar surface area (TPSA) is 55.6 Å². The van der Waals surface area contributed by atoms with Gasteiger partial charge in [0.05, 0.1) is 6.61 Å². The molecule has 1 heterocycles. The van der Waals surface area contributed by atoms with Crippen LogP contribution in [0.2, 0.25) is 0 Å². The van der Waals surface area contributed by atoms with Crippen molar-refractivity contribution in [3.05, 3.63) is 0 Å². The van der Waals surface area contributed by atoms with E-state index in [0.29, 0.717) is 6.61 Å². The number of rotatable bonds is 5. The summed E-state index contributed by atoms with van der Waals surface area (Å²) in [5.74, 6) is -0.392. The Kier molecular flexibility index (Phi) is 4.04. The van der Waals surface area contributed by atoms with E-state index in [0.717, 1.165) is 6.54 Å². The fraction of sp³-hybridized carbons (Fsp3) is 0.875. The first-order chi connectivity index (χ1) is 5.79. The van der Waals surface area contributed by atoms with Crippen molar-refractivity contribution in [2.24, 2.45) is 5.73 Å². The lowest BCUT2D eigenvalue weighted by Gasteiger charge is -2.13. The molecule has 70 valence electrons. The van der Waals surface area contributed by atoms with E-state index in [-0.39, 0.29) is 6.61 Å². The normalized spacial score (nSPS) is 18.3. The number of likely N-dealkylation sites (tertiary alicyclic amines) is 1. The number of ether oxygens (including phenoxy) is 1. The van der Waals surface area contributed by atoms with Crippen LogP contribution in [0.15, 0.2) is 0 Å². The summed E-state index contributed by atoms with van der Waals surface area (Å²) >= 11 is 0. The Morgan fingerprint density at radius 1 is 1.42 bits per heavy atom. The molecule has 0 bridgehead atoms. The Balaban J connectivity index is 1.91. The van der Waals surface area contributed by atoms with Gasteiger partial charge in [0.25, 0.3) is 0 Å². The number of amides is 1. The molecule has 2 N–H and O–H groups in total. The average molecular weight is 172 g/mol. The molecule has 4 heteroatoms. The van der Waals surface area contributed by atoms with Crippen LogP contribution in [0.4, 0.5) is 0 Å². The van der Waals surface area contributed by atoms with Crippen molar-refractivity contribution in [2.75, 3.05) is 32.8 Å². The van der Waals surface area contributed by atoms with Crippen LogP contribution in [-0.4, -0.2) is 43.7 Å². The first-order valence-corrected chi connectivity index (χ1v) is 4.37. The van der Waals surface area contributed by atoms with Crippen molar-refractivity contribution >= 4 is 5.91 Å². The first kappa shape index (κ1) is 9.48. The molecular weight excluding hydrogens is 156 g/mol. The van der Waals surface area contributed by atoms with Crippen LogP contribution < -0.4 is 5.73 Å². The quantitative estimate of drug-likeness (QED) is 0.573. The van der Waals surface area contributed by atoms with Gasteiger partial charge in [-0.2, -0.15) is 0 Å². The summed E-state index contributed by atoms with van der Waals surface area (Å²) in [7, 11) is 0. The second-order valence-corrected chi connectivity index (χ2v) is 3.07. The number of primary amides is 1. The molecule has 0 radical (unpaired) electrons. The molecule has 1 rings (SSSR count). The van der Waals surface area contributed by atoms with Crippen LogP contribution in [0, 0.1) is 0 Å². The van der Waals surface area contributed by atoms with Crippen molar-refractivity contribution in [1.82, 2.24) is 4.90 Å². The van der Waals surface area contributed by atoms with E-state index in [9.17, 15) is 4.79 Å². The van der Waals surface area contributed by atoms with E-state index in [4.69, 9.17) is 10.5 Å². The van der Waals surface area contributed by atoms with Gasteiger partial charge in [-0.05, 0) is 25.9 Å². The van der Waals surface area contributed by atoms with Gasteiger partial charge in [-0.25, -0.2) is 0 Å². The Hall–Kier alpha value is -0.610. The van der Waals surface area contributed by atoms with E-state index in [1.165, 1.54) is 25.9 Å². The smallest absolute Gasteiger partial charge is 0.243 e. The monoisotopic (exact) mass is 172 g/mol. The van der Waals surface area contributed by atoms with Gasteiger partial charge in [0.15, 0.2) is 0 Å². The lowest BCUT2D eigenvalue weighted by molar-refractivity contribution is -0.122. The molecule has 0 aromatic carbocycles. The maximum absolute atomic E-state index is 10.3. The number of hydrogen-bond acceptors (Lipinski definition) is 3. The lowest BCUT2D eigenvalue weighted by atomic mass is 10.4. The zero-order chi connectivity index (χ0) is 8.81. The van der Waals surface area contributed by atoms with Crippen molar-refractivity contribution in [3.63, 3.8) is 0 Å². The molecule has 4 nitrogen and oxygen atoms in total. The lowest BCUT2D eigenvalue weighted by Crippen LogP contribution is -2.26. The zero-order valence-electron chi connectivity index (χ0n) is 7.29. The van der Waals surface area contributed by atoms with Crippen molar-refractivity contribution in [3.8, 4) is 0 Å². The van der Waals surface area contributed by atoms with E-state index in [1.807, 2.05) is 0 Å². The van der Waals surface area contributed by atoms with E-state index in [2.05, 4.69) is 4.90 Å². The predicted octanol–water partition coefficient (Wildman–Crippen LogP) is -0.416. The molecule has 12 heavy (non-hydrogen) atoms. The Morgan fingerprint density at radius 3 is 2.67 bits per heavy atom. The van der Waals surface area contributed by atoms with Crippen LogP contribution in [0.25, 0.3) is 0 Å². The zero-order valence-corrected chi connectivity index (χ0v) is 7.29. The second-order valence-electron chi connectivity index (χ2n) is 3.07. The summed E-state index contributed by atoms with van der Waals surface area (Å²) in [6.45, 7) is 3.92. The van der Waals surface area contributed by atoms with Gasteiger partial charge in [0, 0.05) is 6.54 Å². The number of hydrogen-bond donors (Lipinski definition) is 1. The number of carbonyl (C=O) groups is 1. The average Bonchev–Trinajstić information content (AvgIpc) is 2.49. The number of carbonyl (C=O) groups excluding carboxylic acids is 1. The van der Waals surface area contributed by atoms with Gasteiger partial charge >= 0.3 is 0 Å². The summed E-state index contributed by atoms with van der Waals surface area (Å²) in [5, 5.41) is 0. The summed E-state index contributed by atoms with van der Waals surface area (Å²) < 4.78 is 5.04. The Bertz CT molecular complexity index is 144. The van der Waals surface area contributed by atoms with Gasteiger partial charge in [0.2, 0.25) is 5.91 Å². The van der Waals surface area contributed by atoms with E-state index >= 15 is 0 Å². The molecular formula is C8H16N2O2. The third-order valence-corrected chi connectivity index (χ3v) is 1.99. The molecule has 1 fully saturated rings. The van der Waals surface area contributed by atoms with Crippen LogP contribution in [0.3, 0.4) is 0 Å². The van der Waals surface area contributed by atoms with Crippen molar-refractivity contribution < 1.29 is 9.53 Å². The number of nitrogens with two attached hydrogens (primary N) is 1. The van der Waals surface area contributed by atoms with Crippen LogP contribution >= 0.6 is 0 Å². The van der Waals surface area contributed by atoms with Gasteiger partial charge in [-0.3, -0.25) is 4.79 Å². The molecule has 0 aliphatic carbocycles. The van der Waals surface area contributed by atoms with Crippen LogP contribution in [0.1, 0.15) is 12.8 Å². The van der Waals surface area contributed by atoms with E-state index in [1.54, 1.807) is 0 Å². The second kappa shape index (κ2) is 5.11. The Morgan fingerprint density at radius 2 is 2.08 bits per heavy atom. The van der Waals surface area contributed by atoms with Gasteiger partial charge in [0.1, 0.15) is 6.61 Å². The highest BCUT2D eigenvalue weighted by Gasteiger charge is 2.10. The third kappa shape index (κ3) is 3.69. The molecule has 0 aromatic heterocycles. The molecule has 0 atom stereocenters. The summed E-state index contributed by atoms with van der Waals surface area (Å²) in [6.07, 6.45) is 2.58. The van der Waals surface area contributed by atoms with Gasteiger partial charge < -0.3 is 15.4 Å². The molecule has 1 aliphatic heterocycles. The third-order valence-electron chi connectivity index (χ3n) is 1.99. The summed E-state index contributed by atoms with van der Waals surface area (Å²) in [4.78, 5) is 12.6. The standard InChI is InChI=1S/C8H16N2O2/c9-8(11)7-12-6-5-10-3-1-2-4-10/h1-7H2,(H2,9,11). The SMILES string of the molecule is NC(=O)COCCN1CCCC1. The molecule has 0 saturated carbocycles. The van der Waals surface area contributed by atoms with Crippen LogP contribution in [0.5, 0.6) is 0 Å². The predicted molar refractivity (Wildman–Crippen MR) is 45.7 cm³/mol.